The minimum absolute atomic E-state index is 0.0247. The van der Waals surface area contributed by atoms with Crippen molar-refractivity contribution in [3.05, 3.63) is 42.5 Å². The zero-order chi connectivity index (χ0) is 24.8. The molecule has 9 nitrogen and oxygen atoms in total. The highest BCUT2D eigenvalue weighted by atomic mass is 32.2. The van der Waals surface area contributed by atoms with Crippen molar-refractivity contribution in [1.29, 1.82) is 0 Å². The molecule has 1 spiro atoms. The molecule has 2 atom stereocenters. The second-order valence-corrected chi connectivity index (χ2v) is 11.7. The Kier molecular flexibility index (Phi) is 6.04. The van der Waals surface area contributed by atoms with Crippen molar-refractivity contribution in [2.45, 2.75) is 43.0 Å². The van der Waals surface area contributed by atoms with Gasteiger partial charge in [-0.15, -0.1) is 0 Å². The van der Waals surface area contributed by atoms with Crippen LogP contribution in [0.3, 0.4) is 0 Å². The monoisotopic (exact) mass is 498 g/mol. The van der Waals surface area contributed by atoms with Gasteiger partial charge in [-0.2, -0.15) is 4.31 Å². The normalized spacial score (nSPS) is 25.9. The van der Waals surface area contributed by atoms with Crippen molar-refractivity contribution in [3.8, 4) is 0 Å². The number of fused-ring (bicyclic) bond motifs is 1. The molecule has 10 heteroatoms. The quantitative estimate of drug-likeness (QED) is 0.651. The predicted molar refractivity (Wildman–Crippen MR) is 130 cm³/mol. The van der Waals surface area contributed by atoms with Crippen LogP contribution in [0.2, 0.25) is 0 Å². The van der Waals surface area contributed by atoms with E-state index in [1.165, 1.54) is 9.21 Å². The fraction of sp³-hybridized carbons (Fsp3) is 0.480. The number of rotatable bonds is 4. The maximum Gasteiger partial charge on any atom is 0.325 e. The van der Waals surface area contributed by atoms with Gasteiger partial charge in [-0.05, 0) is 41.7 Å². The molecule has 3 fully saturated rings. The number of imide groups is 1. The summed E-state index contributed by atoms with van der Waals surface area (Å²) in [6, 6.07) is 12.1. The molecular formula is C25H30N4O5S. The number of nitrogens with zero attached hydrogens (tertiary/aromatic N) is 3. The minimum atomic E-state index is -3.70. The fourth-order valence-corrected chi connectivity index (χ4v) is 6.99. The van der Waals surface area contributed by atoms with Gasteiger partial charge in [-0.25, -0.2) is 13.2 Å². The van der Waals surface area contributed by atoms with Gasteiger partial charge in [-0.3, -0.25) is 14.5 Å². The molecule has 1 aliphatic carbocycles. The molecule has 35 heavy (non-hydrogen) atoms. The lowest BCUT2D eigenvalue weighted by atomic mass is 9.73. The molecule has 2 saturated heterocycles. The first-order valence-electron chi connectivity index (χ1n) is 12.1. The summed E-state index contributed by atoms with van der Waals surface area (Å²) >= 11 is 0. The van der Waals surface area contributed by atoms with Crippen molar-refractivity contribution in [1.82, 2.24) is 19.4 Å². The second kappa shape index (κ2) is 8.91. The molecule has 2 heterocycles. The number of sulfonamides is 1. The largest absolute Gasteiger partial charge is 0.338 e. The van der Waals surface area contributed by atoms with Gasteiger partial charge in [0.15, 0.2) is 0 Å². The SMILES string of the molecule is C[C@H]1CCCC[C@]12NC(=O)N(CC(=O)N1CCN(S(=O)(=O)c3ccc4ccccc4c3)CC1)C2=O. The second-order valence-electron chi connectivity index (χ2n) is 9.73. The van der Waals surface area contributed by atoms with Crippen LogP contribution in [-0.2, 0) is 19.6 Å². The van der Waals surface area contributed by atoms with Gasteiger partial charge >= 0.3 is 6.03 Å². The molecule has 3 aliphatic rings. The molecule has 0 bridgehead atoms. The number of urea groups is 1. The Balaban J connectivity index is 1.22. The number of amides is 4. The first kappa shape index (κ1) is 23.7. The fourth-order valence-electron chi connectivity index (χ4n) is 5.53. The van der Waals surface area contributed by atoms with Gasteiger partial charge in [0.1, 0.15) is 12.1 Å². The molecule has 0 unspecified atom stereocenters. The van der Waals surface area contributed by atoms with Crippen molar-refractivity contribution in [2.24, 2.45) is 5.92 Å². The van der Waals surface area contributed by atoms with Crippen molar-refractivity contribution < 1.29 is 22.8 Å². The number of hydrogen-bond acceptors (Lipinski definition) is 5. The summed E-state index contributed by atoms with van der Waals surface area (Å²) in [4.78, 5) is 41.5. The molecule has 2 aliphatic heterocycles. The molecule has 186 valence electrons. The van der Waals surface area contributed by atoms with Crippen LogP contribution in [0.5, 0.6) is 0 Å². The van der Waals surface area contributed by atoms with Crippen molar-refractivity contribution in [3.63, 3.8) is 0 Å². The topological polar surface area (TPSA) is 107 Å². The Labute approximate surface area is 205 Å². The lowest BCUT2D eigenvalue weighted by Crippen LogP contribution is -2.55. The van der Waals surface area contributed by atoms with Crippen LogP contribution in [0.15, 0.2) is 47.4 Å². The van der Waals surface area contributed by atoms with Crippen LogP contribution in [-0.4, -0.2) is 78.6 Å². The van der Waals surface area contributed by atoms with E-state index < -0.39 is 21.6 Å². The van der Waals surface area contributed by atoms with Crippen LogP contribution in [0, 0.1) is 5.92 Å². The summed E-state index contributed by atoms with van der Waals surface area (Å²) in [5.41, 5.74) is -0.901. The highest BCUT2D eigenvalue weighted by Gasteiger charge is 2.55. The number of nitrogens with one attached hydrogen (secondary N) is 1. The summed E-state index contributed by atoms with van der Waals surface area (Å²) in [6.45, 7) is 2.37. The van der Waals surface area contributed by atoms with E-state index in [0.717, 1.165) is 34.9 Å². The summed E-state index contributed by atoms with van der Waals surface area (Å²) < 4.78 is 27.8. The average Bonchev–Trinajstić information content (AvgIpc) is 3.10. The zero-order valence-corrected chi connectivity index (χ0v) is 20.6. The van der Waals surface area contributed by atoms with Gasteiger partial charge in [0, 0.05) is 26.2 Å². The third-order valence-electron chi connectivity index (χ3n) is 7.74. The van der Waals surface area contributed by atoms with E-state index in [2.05, 4.69) is 5.32 Å². The third-order valence-corrected chi connectivity index (χ3v) is 9.64. The molecule has 0 aromatic heterocycles. The van der Waals surface area contributed by atoms with Crippen molar-refractivity contribution in [2.75, 3.05) is 32.7 Å². The van der Waals surface area contributed by atoms with Gasteiger partial charge in [-0.1, -0.05) is 50.1 Å². The average molecular weight is 499 g/mol. The number of benzene rings is 2. The predicted octanol–water partition coefficient (Wildman–Crippen LogP) is 2.17. The number of carbonyl (C=O) groups is 3. The van der Waals surface area contributed by atoms with E-state index in [4.69, 9.17) is 0 Å². The summed E-state index contributed by atoms with van der Waals surface area (Å²) in [5, 5.41) is 4.68. The molecule has 2 aromatic carbocycles. The molecule has 4 amide bonds. The van der Waals surface area contributed by atoms with Crippen molar-refractivity contribution >= 4 is 38.6 Å². The van der Waals surface area contributed by atoms with E-state index in [0.29, 0.717) is 6.42 Å². The first-order chi connectivity index (χ1) is 16.7. The molecule has 2 aromatic rings. The standard InChI is InChI=1S/C25H30N4O5S/c1-18-6-4-5-11-25(18)23(31)29(24(32)26-25)17-22(30)27-12-14-28(15-13-27)35(33,34)21-10-9-19-7-2-3-8-20(19)16-21/h2-3,7-10,16,18H,4-6,11-15,17H2,1H3,(H,26,32)/t18-,25-/m0/s1. The maximum absolute atomic E-state index is 13.2. The van der Waals surface area contributed by atoms with Gasteiger partial charge in [0.05, 0.1) is 4.90 Å². The van der Waals surface area contributed by atoms with E-state index in [1.807, 2.05) is 31.2 Å². The summed E-state index contributed by atoms with van der Waals surface area (Å²) in [5.74, 6) is -0.644. The van der Waals surface area contributed by atoms with Crippen LogP contribution in [0.25, 0.3) is 10.8 Å². The highest BCUT2D eigenvalue weighted by molar-refractivity contribution is 7.89. The Hall–Kier alpha value is -2.98. The molecule has 1 N–H and O–H groups in total. The summed E-state index contributed by atoms with van der Waals surface area (Å²) in [7, 11) is -3.70. The highest BCUT2D eigenvalue weighted by Crippen LogP contribution is 2.38. The minimum Gasteiger partial charge on any atom is -0.338 e. The van der Waals surface area contributed by atoms with E-state index >= 15 is 0 Å². The number of carbonyl (C=O) groups excluding carboxylic acids is 3. The van der Waals surface area contributed by atoms with Crippen LogP contribution >= 0.6 is 0 Å². The van der Waals surface area contributed by atoms with E-state index in [1.54, 1.807) is 18.2 Å². The first-order valence-corrected chi connectivity index (χ1v) is 13.6. The Morgan fingerprint density at radius 1 is 1.03 bits per heavy atom. The molecule has 5 rings (SSSR count). The Morgan fingerprint density at radius 3 is 2.46 bits per heavy atom. The maximum atomic E-state index is 13.2. The van der Waals surface area contributed by atoms with Crippen LogP contribution < -0.4 is 5.32 Å². The van der Waals surface area contributed by atoms with Crippen LogP contribution in [0.4, 0.5) is 4.79 Å². The number of hydrogen-bond donors (Lipinski definition) is 1. The molecule has 1 saturated carbocycles. The zero-order valence-electron chi connectivity index (χ0n) is 19.8. The van der Waals surface area contributed by atoms with Crippen LogP contribution in [0.1, 0.15) is 32.6 Å². The molecule has 0 radical (unpaired) electrons. The molecular weight excluding hydrogens is 468 g/mol. The van der Waals surface area contributed by atoms with Gasteiger partial charge < -0.3 is 10.2 Å². The number of piperazine rings is 1. The van der Waals surface area contributed by atoms with Gasteiger partial charge in [0.25, 0.3) is 5.91 Å². The lowest BCUT2D eigenvalue weighted by molar-refractivity contribution is -0.141. The van der Waals surface area contributed by atoms with E-state index in [-0.39, 0.29) is 55.4 Å². The van der Waals surface area contributed by atoms with Gasteiger partial charge in [0.2, 0.25) is 15.9 Å². The Morgan fingerprint density at radius 2 is 1.74 bits per heavy atom. The lowest BCUT2D eigenvalue weighted by Gasteiger charge is -2.37. The summed E-state index contributed by atoms with van der Waals surface area (Å²) in [6.07, 6.45) is 3.35. The van der Waals surface area contributed by atoms with E-state index in [9.17, 15) is 22.8 Å². The third kappa shape index (κ3) is 4.08. The Bertz CT molecular complexity index is 1290. The smallest absolute Gasteiger partial charge is 0.325 e.